The molecule has 5 heteroatoms. The zero-order valence-corrected chi connectivity index (χ0v) is 13.2. The van der Waals surface area contributed by atoms with Gasteiger partial charge in [-0.15, -0.1) is 0 Å². The molecule has 0 bridgehead atoms. The highest BCUT2D eigenvalue weighted by Crippen LogP contribution is 2.38. The minimum absolute atomic E-state index is 0.412. The quantitative estimate of drug-likeness (QED) is 0.843. The lowest BCUT2D eigenvalue weighted by Gasteiger charge is -2.29. The topological polar surface area (TPSA) is 53.1 Å². The number of aromatic nitrogens is 2. The molecule has 1 aromatic rings. The molecule has 1 atom stereocenters. The molecular formula is C16H27N5. The Kier molecular flexibility index (Phi) is 4.58. The molecule has 3 rings (SSSR count). The van der Waals surface area contributed by atoms with Gasteiger partial charge in [0.2, 0.25) is 0 Å². The van der Waals surface area contributed by atoms with Gasteiger partial charge >= 0.3 is 0 Å². The van der Waals surface area contributed by atoms with E-state index in [0.717, 1.165) is 24.0 Å². The molecule has 0 amide bonds. The highest BCUT2D eigenvalue weighted by Gasteiger charge is 2.27. The second kappa shape index (κ2) is 6.60. The van der Waals surface area contributed by atoms with Gasteiger partial charge in [0.1, 0.15) is 17.5 Å². The van der Waals surface area contributed by atoms with Crippen molar-refractivity contribution in [1.82, 2.24) is 14.9 Å². The number of nitrogens with one attached hydrogen (secondary N) is 2. The lowest BCUT2D eigenvalue weighted by molar-refractivity contribution is 0.223. The van der Waals surface area contributed by atoms with Crippen molar-refractivity contribution in [2.24, 2.45) is 0 Å². The van der Waals surface area contributed by atoms with E-state index in [-0.39, 0.29) is 0 Å². The van der Waals surface area contributed by atoms with Gasteiger partial charge in [-0.2, -0.15) is 0 Å². The molecular weight excluding hydrogens is 262 g/mol. The molecule has 1 saturated heterocycles. The number of hydrogen-bond donors (Lipinski definition) is 2. The number of likely N-dealkylation sites (tertiary alicyclic amines) is 1. The van der Waals surface area contributed by atoms with E-state index in [9.17, 15) is 0 Å². The molecule has 2 aliphatic rings. The fourth-order valence-corrected chi connectivity index (χ4v) is 3.02. The van der Waals surface area contributed by atoms with Crippen LogP contribution in [0.5, 0.6) is 0 Å². The Bertz CT molecular complexity index is 466. The van der Waals surface area contributed by atoms with Crippen LogP contribution in [-0.2, 0) is 0 Å². The summed E-state index contributed by atoms with van der Waals surface area (Å²) >= 11 is 0. The second-order valence-corrected chi connectivity index (χ2v) is 6.43. The number of anilines is 2. The predicted molar refractivity (Wildman–Crippen MR) is 86.9 cm³/mol. The molecule has 1 aliphatic carbocycles. The third-order valence-corrected chi connectivity index (χ3v) is 4.32. The highest BCUT2D eigenvalue weighted by molar-refractivity contribution is 5.48. The molecule has 0 radical (unpaired) electrons. The van der Waals surface area contributed by atoms with Gasteiger partial charge in [-0.3, -0.25) is 0 Å². The maximum absolute atomic E-state index is 4.70. The van der Waals surface area contributed by atoms with Crippen molar-refractivity contribution in [3.63, 3.8) is 0 Å². The summed E-state index contributed by atoms with van der Waals surface area (Å²) in [6, 6.07) is 2.42. The van der Waals surface area contributed by atoms with Crippen LogP contribution >= 0.6 is 0 Å². The van der Waals surface area contributed by atoms with E-state index in [4.69, 9.17) is 4.98 Å². The Labute approximate surface area is 127 Å². The van der Waals surface area contributed by atoms with Crippen molar-refractivity contribution in [1.29, 1.82) is 0 Å². The van der Waals surface area contributed by atoms with Gasteiger partial charge in [-0.1, -0.05) is 6.42 Å². The van der Waals surface area contributed by atoms with E-state index in [2.05, 4.69) is 27.4 Å². The number of nitrogens with zero attached hydrogens (tertiary/aromatic N) is 3. The standard InChI is InChI=1S/C16H27N5/c1-12(11-21-8-4-3-5-9-21)18-15-10-14(17-2)19-16(20-15)13-6-7-13/h10,12-13H,3-9,11H2,1-2H3,(H2,17,18,19,20). The summed E-state index contributed by atoms with van der Waals surface area (Å²) in [7, 11) is 1.92. The normalized spacial score (nSPS) is 21.0. The molecule has 1 unspecified atom stereocenters. The SMILES string of the molecule is CNc1cc(NC(C)CN2CCCCC2)nc(C2CC2)n1. The van der Waals surface area contributed by atoms with Crippen molar-refractivity contribution in [3.05, 3.63) is 11.9 Å². The smallest absolute Gasteiger partial charge is 0.136 e. The minimum Gasteiger partial charge on any atom is -0.373 e. The summed E-state index contributed by atoms with van der Waals surface area (Å²) in [5.41, 5.74) is 0. The van der Waals surface area contributed by atoms with E-state index < -0.39 is 0 Å². The molecule has 21 heavy (non-hydrogen) atoms. The third-order valence-electron chi connectivity index (χ3n) is 4.32. The zero-order chi connectivity index (χ0) is 14.7. The summed E-state index contributed by atoms with van der Waals surface area (Å²) in [6.07, 6.45) is 6.54. The van der Waals surface area contributed by atoms with Crippen LogP contribution in [0.25, 0.3) is 0 Å². The monoisotopic (exact) mass is 289 g/mol. The maximum Gasteiger partial charge on any atom is 0.136 e. The van der Waals surface area contributed by atoms with Gasteiger partial charge in [0, 0.05) is 31.6 Å². The van der Waals surface area contributed by atoms with Crippen LogP contribution < -0.4 is 10.6 Å². The number of hydrogen-bond acceptors (Lipinski definition) is 5. The fourth-order valence-electron chi connectivity index (χ4n) is 3.02. The van der Waals surface area contributed by atoms with Gasteiger partial charge in [0.25, 0.3) is 0 Å². The van der Waals surface area contributed by atoms with Gasteiger partial charge in [-0.25, -0.2) is 9.97 Å². The molecule has 5 nitrogen and oxygen atoms in total. The largest absolute Gasteiger partial charge is 0.373 e. The first-order chi connectivity index (χ1) is 10.2. The molecule has 1 saturated carbocycles. The van der Waals surface area contributed by atoms with Crippen molar-refractivity contribution in [3.8, 4) is 0 Å². The summed E-state index contributed by atoms with van der Waals surface area (Å²) in [4.78, 5) is 11.8. The molecule has 1 aromatic heterocycles. The summed E-state index contributed by atoms with van der Waals surface area (Å²) in [5, 5.41) is 6.70. The molecule has 0 spiro atoms. The third kappa shape index (κ3) is 4.06. The van der Waals surface area contributed by atoms with Crippen LogP contribution in [0.4, 0.5) is 11.6 Å². The summed E-state index contributed by atoms with van der Waals surface area (Å²) in [5.74, 6) is 3.45. The molecule has 0 aromatic carbocycles. The minimum atomic E-state index is 0.412. The van der Waals surface area contributed by atoms with Gasteiger partial charge in [0.05, 0.1) is 0 Å². The molecule has 2 N–H and O–H groups in total. The van der Waals surface area contributed by atoms with E-state index in [1.54, 1.807) is 0 Å². The Hall–Kier alpha value is -1.36. The average Bonchev–Trinajstić information content (AvgIpc) is 3.32. The van der Waals surface area contributed by atoms with Crippen molar-refractivity contribution >= 4 is 11.6 Å². The van der Waals surface area contributed by atoms with Crippen molar-refractivity contribution in [2.75, 3.05) is 37.3 Å². The Morgan fingerprint density at radius 2 is 1.90 bits per heavy atom. The highest BCUT2D eigenvalue weighted by atomic mass is 15.2. The summed E-state index contributed by atoms with van der Waals surface area (Å²) < 4.78 is 0. The Balaban J connectivity index is 1.61. The first-order valence-electron chi connectivity index (χ1n) is 8.30. The Morgan fingerprint density at radius 3 is 2.57 bits per heavy atom. The Morgan fingerprint density at radius 1 is 1.19 bits per heavy atom. The van der Waals surface area contributed by atoms with E-state index in [1.165, 1.54) is 45.2 Å². The van der Waals surface area contributed by atoms with Gasteiger partial charge in [-0.05, 0) is 45.7 Å². The zero-order valence-electron chi connectivity index (χ0n) is 13.2. The van der Waals surface area contributed by atoms with Crippen LogP contribution in [-0.4, -0.2) is 47.6 Å². The maximum atomic E-state index is 4.70. The van der Waals surface area contributed by atoms with Crippen LogP contribution in [0.1, 0.15) is 50.8 Å². The van der Waals surface area contributed by atoms with Crippen LogP contribution in [0, 0.1) is 0 Å². The second-order valence-electron chi connectivity index (χ2n) is 6.43. The van der Waals surface area contributed by atoms with E-state index >= 15 is 0 Å². The van der Waals surface area contributed by atoms with Crippen LogP contribution in [0.2, 0.25) is 0 Å². The van der Waals surface area contributed by atoms with Gasteiger partial charge in [0.15, 0.2) is 0 Å². The van der Waals surface area contributed by atoms with E-state index in [0.29, 0.717) is 12.0 Å². The molecule has 1 aliphatic heterocycles. The molecule has 2 heterocycles. The predicted octanol–water partition coefficient (Wildman–Crippen LogP) is 2.68. The number of piperidine rings is 1. The van der Waals surface area contributed by atoms with Crippen LogP contribution in [0.15, 0.2) is 6.07 Å². The lowest BCUT2D eigenvalue weighted by atomic mass is 10.1. The summed E-state index contributed by atoms with van der Waals surface area (Å²) in [6.45, 7) is 5.82. The number of rotatable bonds is 6. The lowest BCUT2D eigenvalue weighted by Crippen LogP contribution is -2.38. The first kappa shape index (κ1) is 14.6. The fraction of sp³-hybridized carbons (Fsp3) is 0.750. The average molecular weight is 289 g/mol. The van der Waals surface area contributed by atoms with Crippen molar-refractivity contribution < 1.29 is 0 Å². The van der Waals surface area contributed by atoms with Crippen LogP contribution in [0.3, 0.4) is 0 Å². The van der Waals surface area contributed by atoms with Crippen molar-refractivity contribution in [2.45, 2.75) is 51.0 Å². The van der Waals surface area contributed by atoms with Gasteiger partial charge < -0.3 is 15.5 Å². The molecule has 2 fully saturated rings. The molecule has 116 valence electrons. The van der Waals surface area contributed by atoms with E-state index in [1.807, 2.05) is 13.1 Å². The first-order valence-corrected chi connectivity index (χ1v) is 8.30.